The van der Waals surface area contributed by atoms with Gasteiger partial charge in [-0.2, -0.15) is 0 Å². The zero-order chi connectivity index (χ0) is 17.9. The van der Waals surface area contributed by atoms with Gasteiger partial charge in [0.05, 0.1) is 0 Å². The van der Waals surface area contributed by atoms with Crippen molar-refractivity contribution in [3.05, 3.63) is 58.7 Å². The molecule has 0 heterocycles. The molecule has 0 saturated heterocycles. The number of nitrogens with one attached hydrogen (secondary N) is 1. The quantitative estimate of drug-likeness (QED) is 0.886. The van der Waals surface area contributed by atoms with Gasteiger partial charge in [0.25, 0.3) is 5.91 Å². The summed E-state index contributed by atoms with van der Waals surface area (Å²) < 4.78 is 5.75. The molecule has 0 aromatic heterocycles. The van der Waals surface area contributed by atoms with E-state index in [1.54, 1.807) is 32.0 Å². The van der Waals surface area contributed by atoms with Crippen LogP contribution in [0, 0.1) is 20.8 Å². The van der Waals surface area contributed by atoms with Crippen molar-refractivity contribution in [1.82, 2.24) is 0 Å². The van der Waals surface area contributed by atoms with Crippen LogP contribution < -0.4 is 15.8 Å². The molecule has 0 aliphatic heterocycles. The molecule has 1 unspecified atom stereocenters. The molecule has 24 heavy (non-hydrogen) atoms. The molecule has 5 nitrogen and oxygen atoms in total. The molecule has 0 spiro atoms. The molecule has 0 aliphatic carbocycles. The van der Waals surface area contributed by atoms with Crippen molar-refractivity contribution in [2.75, 3.05) is 5.32 Å². The molecule has 2 aromatic rings. The lowest BCUT2D eigenvalue weighted by molar-refractivity contribution is -0.122. The molecule has 2 aromatic carbocycles. The third-order valence-electron chi connectivity index (χ3n) is 3.86. The van der Waals surface area contributed by atoms with Gasteiger partial charge < -0.3 is 15.8 Å². The highest BCUT2D eigenvalue weighted by Gasteiger charge is 2.18. The van der Waals surface area contributed by atoms with E-state index < -0.39 is 12.0 Å². The van der Waals surface area contributed by atoms with Crippen molar-refractivity contribution in [1.29, 1.82) is 0 Å². The number of primary amides is 1. The third kappa shape index (κ3) is 3.93. The van der Waals surface area contributed by atoms with Gasteiger partial charge in [0.15, 0.2) is 6.10 Å². The zero-order valence-electron chi connectivity index (χ0n) is 14.3. The van der Waals surface area contributed by atoms with Crippen molar-refractivity contribution >= 4 is 17.5 Å². The molecule has 0 radical (unpaired) electrons. The molecule has 1 atom stereocenters. The molecule has 5 heteroatoms. The van der Waals surface area contributed by atoms with Crippen LogP contribution in [-0.4, -0.2) is 17.9 Å². The maximum absolute atomic E-state index is 12.4. The summed E-state index contributed by atoms with van der Waals surface area (Å²) in [5.41, 5.74) is 9.01. The van der Waals surface area contributed by atoms with Gasteiger partial charge in [-0.15, -0.1) is 0 Å². The van der Waals surface area contributed by atoms with Gasteiger partial charge in [0, 0.05) is 11.3 Å². The monoisotopic (exact) mass is 326 g/mol. The van der Waals surface area contributed by atoms with Crippen molar-refractivity contribution in [3.8, 4) is 5.75 Å². The summed E-state index contributed by atoms with van der Waals surface area (Å²) >= 11 is 0. The van der Waals surface area contributed by atoms with Gasteiger partial charge in [0.2, 0.25) is 5.91 Å². The van der Waals surface area contributed by atoms with E-state index in [1.165, 1.54) is 0 Å². The van der Waals surface area contributed by atoms with Crippen LogP contribution in [0.4, 0.5) is 5.69 Å². The van der Waals surface area contributed by atoms with Crippen molar-refractivity contribution in [2.45, 2.75) is 33.8 Å². The average Bonchev–Trinajstić information content (AvgIpc) is 2.51. The van der Waals surface area contributed by atoms with Gasteiger partial charge in [-0.1, -0.05) is 23.8 Å². The van der Waals surface area contributed by atoms with E-state index in [0.717, 1.165) is 11.1 Å². The number of nitrogens with two attached hydrogens (primary N) is 1. The average molecular weight is 326 g/mol. The van der Waals surface area contributed by atoms with E-state index in [4.69, 9.17) is 10.5 Å². The minimum atomic E-state index is -0.678. The van der Waals surface area contributed by atoms with Crippen LogP contribution in [-0.2, 0) is 4.79 Å². The Bertz CT molecular complexity index is 784. The summed E-state index contributed by atoms with van der Waals surface area (Å²) in [4.78, 5) is 23.8. The maximum atomic E-state index is 12.4. The number of hydrogen-bond acceptors (Lipinski definition) is 3. The Morgan fingerprint density at radius 1 is 1.12 bits per heavy atom. The number of hydrogen-bond donors (Lipinski definition) is 2. The number of ether oxygens (including phenoxy) is 1. The largest absolute Gasteiger partial charge is 0.481 e. The molecule has 2 amide bonds. The molecule has 0 fully saturated rings. The van der Waals surface area contributed by atoms with Gasteiger partial charge in [0.1, 0.15) is 5.75 Å². The van der Waals surface area contributed by atoms with E-state index >= 15 is 0 Å². The van der Waals surface area contributed by atoms with Crippen molar-refractivity contribution in [3.63, 3.8) is 0 Å². The van der Waals surface area contributed by atoms with E-state index in [1.807, 2.05) is 32.0 Å². The van der Waals surface area contributed by atoms with Crippen LogP contribution >= 0.6 is 0 Å². The first-order valence-electron chi connectivity index (χ1n) is 7.73. The zero-order valence-corrected chi connectivity index (χ0v) is 14.3. The molecule has 0 aliphatic rings. The predicted octanol–water partition coefficient (Wildman–Crippen LogP) is 3.12. The standard InChI is InChI=1S/C19H22N2O3/c1-11-8-9-17(12(2)10-11)24-14(4)19(23)21-16-7-5-6-15(13(16)3)18(20)22/h5-10,14H,1-4H3,(H2,20,22)(H,21,23). The molecule has 2 rings (SSSR count). The van der Waals surface area contributed by atoms with Crippen LogP contribution in [0.25, 0.3) is 0 Å². The van der Waals surface area contributed by atoms with E-state index in [0.29, 0.717) is 22.6 Å². The lowest BCUT2D eigenvalue weighted by Crippen LogP contribution is -2.30. The Kier molecular flexibility index (Phi) is 5.24. The maximum Gasteiger partial charge on any atom is 0.265 e. The highest BCUT2D eigenvalue weighted by atomic mass is 16.5. The fourth-order valence-electron chi connectivity index (χ4n) is 2.45. The first-order chi connectivity index (χ1) is 11.3. The predicted molar refractivity (Wildman–Crippen MR) is 94.3 cm³/mol. The summed E-state index contributed by atoms with van der Waals surface area (Å²) in [6.07, 6.45) is -0.678. The second-order valence-electron chi connectivity index (χ2n) is 5.86. The third-order valence-corrected chi connectivity index (χ3v) is 3.86. The van der Waals surface area contributed by atoms with Crippen molar-refractivity contribution in [2.24, 2.45) is 5.73 Å². The summed E-state index contributed by atoms with van der Waals surface area (Å²) in [6.45, 7) is 7.36. The minimum absolute atomic E-state index is 0.292. The van der Waals surface area contributed by atoms with Crippen LogP contribution in [0.15, 0.2) is 36.4 Å². The molecular formula is C19H22N2O3. The van der Waals surface area contributed by atoms with Crippen LogP contribution in [0.5, 0.6) is 5.75 Å². The number of anilines is 1. The Labute approximate surface area is 141 Å². The molecule has 126 valence electrons. The number of aryl methyl sites for hydroxylation is 2. The highest BCUT2D eigenvalue weighted by molar-refractivity contribution is 5.99. The van der Waals surface area contributed by atoms with E-state index in [2.05, 4.69) is 5.32 Å². The minimum Gasteiger partial charge on any atom is -0.481 e. The van der Waals surface area contributed by atoms with Gasteiger partial charge in [-0.25, -0.2) is 0 Å². The molecular weight excluding hydrogens is 304 g/mol. The fourth-order valence-corrected chi connectivity index (χ4v) is 2.45. The fraction of sp³-hybridized carbons (Fsp3) is 0.263. The first-order valence-corrected chi connectivity index (χ1v) is 7.73. The lowest BCUT2D eigenvalue weighted by atomic mass is 10.1. The van der Waals surface area contributed by atoms with Crippen LogP contribution in [0.2, 0.25) is 0 Å². The first kappa shape index (κ1) is 17.5. The Balaban J connectivity index is 2.12. The summed E-state index contributed by atoms with van der Waals surface area (Å²) in [6, 6.07) is 10.8. The summed E-state index contributed by atoms with van der Waals surface area (Å²) in [7, 11) is 0. The van der Waals surface area contributed by atoms with Crippen LogP contribution in [0.3, 0.4) is 0 Å². The topological polar surface area (TPSA) is 81.4 Å². The lowest BCUT2D eigenvalue weighted by Gasteiger charge is -2.18. The Morgan fingerprint density at radius 3 is 2.46 bits per heavy atom. The molecule has 0 bridgehead atoms. The van der Waals surface area contributed by atoms with E-state index in [9.17, 15) is 9.59 Å². The van der Waals surface area contributed by atoms with Gasteiger partial charge in [-0.05, 0) is 57.0 Å². The Morgan fingerprint density at radius 2 is 1.83 bits per heavy atom. The van der Waals surface area contributed by atoms with Gasteiger partial charge in [-0.3, -0.25) is 9.59 Å². The second-order valence-corrected chi connectivity index (χ2v) is 5.86. The van der Waals surface area contributed by atoms with Gasteiger partial charge >= 0.3 is 0 Å². The molecule has 0 saturated carbocycles. The smallest absolute Gasteiger partial charge is 0.265 e. The molecule has 3 N–H and O–H groups in total. The SMILES string of the molecule is Cc1ccc(OC(C)C(=O)Nc2cccc(C(N)=O)c2C)c(C)c1. The number of amides is 2. The number of carbonyl (C=O) groups is 2. The number of rotatable bonds is 5. The second kappa shape index (κ2) is 7.17. The summed E-state index contributed by atoms with van der Waals surface area (Å²) in [5, 5.41) is 2.78. The Hall–Kier alpha value is -2.82. The normalized spacial score (nSPS) is 11.7. The highest BCUT2D eigenvalue weighted by Crippen LogP contribution is 2.22. The summed E-state index contributed by atoms with van der Waals surface area (Å²) in [5.74, 6) is -0.145. The van der Waals surface area contributed by atoms with E-state index in [-0.39, 0.29) is 5.91 Å². The van der Waals surface area contributed by atoms with Crippen molar-refractivity contribution < 1.29 is 14.3 Å². The number of benzene rings is 2. The van der Waals surface area contributed by atoms with Crippen LogP contribution in [0.1, 0.15) is 34.0 Å². The number of carbonyl (C=O) groups excluding carboxylic acids is 2.